The van der Waals surface area contributed by atoms with Gasteiger partial charge in [0.25, 0.3) is 5.91 Å². The van der Waals surface area contributed by atoms with Crippen molar-refractivity contribution in [2.45, 2.75) is 23.4 Å². The fourth-order valence-electron chi connectivity index (χ4n) is 1.20. The number of carbonyl (C=O) groups is 1. The lowest BCUT2D eigenvalue weighted by Crippen LogP contribution is -2.30. The minimum Gasteiger partial charge on any atom is -0.392 e. The first-order chi connectivity index (χ1) is 8.29. The van der Waals surface area contributed by atoms with Crippen molar-refractivity contribution in [2.24, 2.45) is 0 Å². The molecule has 0 heterocycles. The number of hydrogen-bond donors (Lipinski definition) is 2. The highest BCUT2D eigenvalue weighted by Crippen LogP contribution is 2.38. The topological polar surface area (TPSA) is 49.3 Å². The molecule has 1 atom stereocenters. The standard InChI is InChI=1S/C11H12F3NO2S/c1-7(16)6-15-10(17)8-4-2-3-5-9(8)18-11(12,13)14/h2-5,7,16H,6H2,1H3,(H,15,17). The predicted octanol–water partition coefficient (Wildman–Crippen LogP) is 2.41. The Labute approximate surface area is 106 Å². The molecule has 0 spiro atoms. The molecule has 0 radical (unpaired) electrons. The van der Waals surface area contributed by atoms with E-state index in [0.29, 0.717) is 0 Å². The third kappa shape index (κ3) is 4.97. The number of aliphatic hydroxyl groups is 1. The Balaban J connectivity index is 2.84. The summed E-state index contributed by atoms with van der Waals surface area (Å²) >= 11 is -0.333. The third-order valence-corrected chi connectivity index (χ3v) is 2.72. The van der Waals surface area contributed by atoms with Crippen LogP contribution in [0.4, 0.5) is 13.2 Å². The van der Waals surface area contributed by atoms with E-state index in [1.54, 1.807) is 0 Å². The van der Waals surface area contributed by atoms with E-state index in [9.17, 15) is 18.0 Å². The van der Waals surface area contributed by atoms with Crippen LogP contribution in [0.15, 0.2) is 29.2 Å². The number of rotatable bonds is 4. The SMILES string of the molecule is CC(O)CNC(=O)c1ccccc1SC(F)(F)F. The van der Waals surface area contributed by atoms with Gasteiger partial charge in [-0.15, -0.1) is 0 Å². The molecule has 1 aromatic carbocycles. The number of nitrogens with one attached hydrogen (secondary N) is 1. The molecule has 0 aliphatic rings. The summed E-state index contributed by atoms with van der Waals surface area (Å²) in [5.41, 5.74) is -4.50. The molecule has 2 N–H and O–H groups in total. The fraction of sp³-hybridized carbons (Fsp3) is 0.364. The lowest BCUT2D eigenvalue weighted by molar-refractivity contribution is -0.0328. The Kier molecular flexibility index (Phi) is 5.03. The second kappa shape index (κ2) is 6.10. The zero-order valence-corrected chi connectivity index (χ0v) is 10.3. The van der Waals surface area contributed by atoms with Crippen molar-refractivity contribution >= 4 is 17.7 Å². The van der Waals surface area contributed by atoms with Gasteiger partial charge in [-0.1, -0.05) is 12.1 Å². The molecular weight excluding hydrogens is 267 g/mol. The summed E-state index contributed by atoms with van der Waals surface area (Å²) in [6.45, 7) is 1.46. The molecule has 1 aromatic rings. The summed E-state index contributed by atoms with van der Waals surface area (Å²) in [7, 11) is 0. The van der Waals surface area contributed by atoms with Gasteiger partial charge in [0.15, 0.2) is 0 Å². The molecule has 18 heavy (non-hydrogen) atoms. The van der Waals surface area contributed by atoms with E-state index < -0.39 is 17.5 Å². The molecule has 7 heteroatoms. The van der Waals surface area contributed by atoms with E-state index >= 15 is 0 Å². The summed E-state index contributed by atoms with van der Waals surface area (Å²) in [6, 6.07) is 5.46. The second-order valence-electron chi connectivity index (χ2n) is 3.60. The van der Waals surface area contributed by atoms with Crippen molar-refractivity contribution < 1.29 is 23.1 Å². The normalized spacial score (nSPS) is 13.2. The second-order valence-corrected chi connectivity index (χ2v) is 4.71. The zero-order valence-electron chi connectivity index (χ0n) is 9.49. The Bertz CT molecular complexity index is 421. The predicted molar refractivity (Wildman–Crippen MR) is 62.4 cm³/mol. The molecule has 0 fully saturated rings. The minimum absolute atomic E-state index is 0.0101. The summed E-state index contributed by atoms with van der Waals surface area (Å²) in [5, 5.41) is 11.4. The van der Waals surface area contributed by atoms with Crippen LogP contribution >= 0.6 is 11.8 Å². The molecule has 0 saturated heterocycles. The number of aliphatic hydroxyl groups excluding tert-OH is 1. The van der Waals surface area contributed by atoms with Crippen LogP contribution < -0.4 is 5.32 Å². The number of alkyl halides is 3. The van der Waals surface area contributed by atoms with Crippen LogP contribution in [-0.4, -0.2) is 29.2 Å². The molecular formula is C11H12F3NO2S. The van der Waals surface area contributed by atoms with E-state index in [-0.39, 0.29) is 28.8 Å². The highest BCUT2D eigenvalue weighted by Gasteiger charge is 2.31. The maximum Gasteiger partial charge on any atom is 0.446 e. The van der Waals surface area contributed by atoms with Gasteiger partial charge in [0, 0.05) is 11.4 Å². The molecule has 100 valence electrons. The average molecular weight is 279 g/mol. The Morgan fingerprint density at radius 3 is 2.61 bits per heavy atom. The lowest BCUT2D eigenvalue weighted by Gasteiger charge is -2.12. The summed E-state index contributed by atoms with van der Waals surface area (Å²) < 4.78 is 36.9. The van der Waals surface area contributed by atoms with Crippen molar-refractivity contribution in [1.82, 2.24) is 5.32 Å². The van der Waals surface area contributed by atoms with Gasteiger partial charge in [-0.3, -0.25) is 4.79 Å². The van der Waals surface area contributed by atoms with Crippen molar-refractivity contribution in [1.29, 1.82) is 0 Å². The molecule has 0 aliphatic carbocycles. The number of halogens is 3. The lowest BCUT2D eigenvalue weighted by atomic mass is 10.2. The highest BCUT2D eigenvalue weighted by atomic mass is 32.2. The maximum atomic E-state index is 12.3. The minimum atomic E-state index is -4.44. The Morgan fingerprint density at radius 1 is 1.44 bits per heavy atom. The molecule has 1 unspecified atom stereocenters. The Hall–Kier alpha value is -1.21. The molecule has 1 rings (SSSR count). The van der Waals surface area contributed by atoms with Crippen LogP contribution in [0.1, 0.15) is 17.3 Å². The zero-order chi connectivity index (χ0) is 13.8. The van der Waals surface area contributed by atoms with E-state index in [4.69, 9.17) is 5.11 Å². The molecule has 0 bridgehead atoms. The van der Waals surface area contributed by atoms with Crippen molar-refractivity contribution in [2.75, 3.05) is 6.54 Å². The van der Waals surface area contributed by atoms with Crippen molar-refractivity contribution in [3.05, 3.63) is 29.8 Å². The number of thioether (sulfide) groups is 1. The van der Waals surface area contributed by atoms with Gasteiger partial charge < -0.3 is 10.4 Å². The van der Waals surface area contributed by atoms with Gasteiger partial charge >= 0.3 is 5.51 Å². The molecule has 3 nitrogen and oxygen atoms in total. The average Bonchev–Trinajstić information content (AvgIpc) is 2.24. The van der Waals surface area contributed by atoms with Gasteiger partial charge in [0.05, 0.1) is 11.7 Å². The van der Waals surface area contributed by atoms with Gasteiger partial charge in [-0.2, -0.15) is 13.2 Å². The molecule has 0 aromatic heterocycles. The Morgan fingerprint density at radius 2 is 2.06 bits per heavy atom. The number of hydrogen-bond acceptors (Lipinski definition) is 3. The van der Waals surface area contributed by atoms with Crippen molar-refractivity contribution in [3.63, 3.8) is 0 Å². The van der Waals surface area contributed by atoms with Crippen LogP contribution in [0.25, 0.3) is 0 Å². The molecule has 1 amide bonds. The first kappa shape index (κ1) is 14.8. The van der Waals surface area contributed by atoms with E-state index in [0.717, 1.165) is 0 Å². The van der Waals surface area contributed by atoms with E-state index in [1.807, 2.05) is 0 Å². The first-order valence-electron chi connectivity index (χ1n) is 5.10. The van der Waals surface area contributed by atoms with Crippen LogP contribution in [0.2, 0.25) is 0 Å². The summed E-state index contributed by atoms with van der Waals surface area (Å²) in [6.07, 6.45) is -0.753. The van der Waals surface area contributed by atoms with Crippen molar-refractivity contribution in [3.8, 4) is 0 Å². The van der Waals surface area contributed by atoms with Crippen LogP contribution in [-0.2, 0) is 0 Å². The van der Waals surface area contributed by atoms with Gasteiger partial charge in [0.1, 0.15) is 0 Å². The van der Waals surface area contributed by atoms with Crippen LogP contribution in [0, 0.1) is 0 Å². The molecule has 0 aliphatic heterocycles. The number of benzene rings is 1. The van der Waals surface area contributed by atoms with Gasteiger partial charge in [0.2, 0.25) is 0 Å². The largest absolute Gasteiger partial charge is 0.446 e. The van der Waals surface area contributed by atoms with E-state index in [2.05, 4.69) is 5.32 Å². The van der Waals surface area contributed by atoms with Crippen LogP contribution in [0.5, 0.6) is 0 Å². The number of amides is 1. The van der Waals surface area contributed by atoms with Gasteiger partial charge in [-0.25, -0.2) is 0 Å². The van der Waals surface area contributed by atoms with Crippen LogP contribution in [0.3, 0.4) is 0 Å². The summed E-state index contributed by atoms with van der Waals surface area (Å²) in [5.74, 6) is -0.636. The third-order valence-electron chi connectivity index (χ3n) is 1.92. The quantitative estimate of drug-likeness (QED) is 0.832. The molecule has 0 saturated carbocycles. The highest BCUT2D eigenvalue weighted by molar-refractivity contribution is 8.00. The maximum absolute atomic E-state index is 12.3. The fourth-order valence-corrected chi connectivity index (χ4v) is 1.87. The number of carbonyl (C=O) groups excluding carboxylic acids is 1. The first-order valence-corrected chi connectivity index (χ1v) is 5.92. The monoisotopic (exact) mass is 279 g/mol. The van der Waals surface area contributed by atoms with Gasteiger partial charge in [-0.05, 0) is 30.8 Å². The summed E-state index contributed by atoms with van der Waals surface area (Å²) in [4.78, 5) is 11.5. The van der Waals surface area contributed by atoms with E-state index in [1.165, 1.54) is 31.2 Å². The smallest absolute Gasteiger partial charge is 0.392 e.